The van der Waals surface area contributed by atoms with Crippen LogP contribution in [0.1, 0.15) is 16.8 Å². The molecule has 0 unspecified atom stereocenters. The first-order valence-corrected chi connectivity index (χ1v) is 8.76. The highest BCUT2D eigenvalue weighted by atomic mass is 16.5. The molecule has 0 aliphatic carbocycles. The summed E-state index contributed by atoms with van der Waals surface area (Å²) >= 11 is 0. The monoisotopic (exact) mass is 350 g/mol. The number of aromatic amines is 1. The summed E-state index contributed by atoms with van der Waals surface area (Å²) in [5, 5.41) is 1.27. The number of fused-ring (bicyclic) bond motifs is 3. The number of carbonyl (C=O) groups is 1. The number of carbonyl (C=O) groups excluding carboxylic acids is 1. The van der Waals surface area contributed by atoms with Gasteiger partial charge in [0, 0.05) is 23.1 Å². The smallest absolute Gasteiger partial charge is 0.227 e. The van der Waals surface area contributed by atoms with Crippen LogP contribution in [0.25, 0.3) is 10.9 Å². The van der Waals surface area contributed by atoms with Gasteiger partial charge in [-0.3, -0.25) is 4.79 Å². The minimum absolute atomic E-state index is 0.126. The van der Waals surface area contributed by atoms with E-state index in [1.54, 1.807) is 14.2 Å². The van der Waals surface area contributed by atoms with Gasteiger partial charge in [0.25, 0.3) is 0 Å². The summed E-state index contributed by atoms with van der Waals surface area (Å²) in [7, 11) is 3.21. The predicted octanol–water partition coefficient (Wildman–Crippen LogP) is 3.31. The van der Waals surface area contributed by atoms with E-state index in [1.807, 2.05) is 29.2 Å². The van der Waals surface area contributed by atoms with Crippen molar-refractivity contribution < 1.29 is 14.3 Å². The number of ether oxygens (including phenoxy) is 2. The highest BCUT2D eigenvalue weighted by Gasteiger charge is 2.24. The Morgan fingerprint density at radius 3 is 2.73 bits per heavy atom. The van der Waals surface area contributed by atoms with E-state index in [9.17, 15) is 4.79 Å². The molecule has 0 spiro atoms. The maximum absolute atomic E-state index is 12.8. The Balaban J connectivity index is 1.51. The Bertz CT molecular complexity index is 961. The van der Waals surface area contributed by atoms with Crippen LogP contribution in [-0.4, -0.2) is 36.6 Å². The first-order valence-electron chi connectivity index (χ1n) is 8.76. The van der Waals surface area contributed by atoms with Crippen molar-refractivity contribution in [2.24, 2.45) is 0 Å². The molecule has 1 amide bonds. The summed E-state index contributed by atoms with van der Waals surface area (Å²) < 4.78 is 10.6. The van der Waals surface area contributed by atoms with E-state index in [0.717, 1.165) is 29.7 Å². The van der Waals surface area contributed by atoms with Crippen LogP contribution in [-0.2, 0) is 24.2 Å². The van der Waals surface area contributed by atoms with Crippen molar-refractivity contribution in [1.29, 1.82) is 0 Å². The van der Waals surface area contributed by atoms with Crippen molar-refractivity contribution in [2.45, 2.75) is 19.4 Å². The Labute approximate surface area is 152 Å². The van der Waals surface area contributed by atoms with Crippen molar-refractivity contribution in [3.8, 4) is 11.5 Å². The minimum atomic E-state index is 0.126. The van der Waals surface area contributed by atoms with E-state index in [0.29, 0.717) is 24.5 Å². The van der Waals surface area contributed by atoms with Crippen molar-refractivity contribution in [3.63, 3.8) is 0 Å². The SMILES string of the molecule is COc1ccc(CC(=O)N2CCc3c([nH]c4ccccc34)C2)cc1OC. The first-order chi connectivity index (χ1) is 12.7. The number of H-pyrrole nitrogens is 1. The first kappa shape index (κ1) is 16.5. The topological polar surface area (TPSA) is 54.6 Å². The second-order valence-corrected chi connectivity index (χ2v) is 6.56. The van der Waals surface area contributed by atoms with Crippen LogP contribution in [0.3, 0.4) is 0 Å². The fourth-order valence-corrected chi connectivity index (χ4v) is 3.68. The molecule has 0 fully saturated rings. The van der Waals surface area contributed by atoms with Crippen molar-refractivity contribution in [1.82, 2.24) is 9.88 Å². The van der Waals surface area contributed by atoms with E-state index in [2.05, 4.69) is 23.2 Å². The summed E-state index contributed by atoms with van der Waals surface area (Å²) in [6.45, 7) is 1.39. The normalized spacial score (nSPS) is 13.5. The van der Waals surface area contributed by atoms with Gasteiger partial charge in [0.2, 0.25) is 5.91 Å². The largest absolute Gasteiger partial charge is 0.493 e. The Kier molecular flexibility index (Phi) is 4.29. The van der Waals surface area contributed by atoms with Crippen molar-refractivity contribution >= 4 is 16.8 Å². The zero-order valence-electron chi connectivity index (χ0n) is 15.0. The quantitative estimate of drug-likeness (QED) is 0.785. The van der Waals surface area contributed by atoms with Crippen LogP contribution < -0.4 is 9.47 Å². The molecule has 2 heterocycles. The lowest BCUT2D eigenvalue weighted by Gasteiger charge is -2.27. The Hall–Kier alpha value is -2.95. The zero-order valence-corrected chi connectivity index (χ0v) is 15.0. The zero-order chi connectivity index (χ0) is 18.1. The maximum atomic E-state index is 12.8. The van der Waals surface area contributed by atoms with Gasteiger partial charge in [0.15, 0.2) is 11.5 Å². The molecule has 3 aromatic rings. The Morgan fingerprint density at radius 1 is 1.12 bits per heavy atom. The number of hydrogen-bond donors (Lipinski definition) is 1. The van der Waals surface area contributed by atoms with Crippen LogP contribution >= 0.6 is 0 Å². The second kappa shape index (κ2) is 6.75. The minimum Gasteiger partial charge on any atom is -0.493 e. The molecule has 1 aliphatic heterocycles. The number of nitrogens with zero attached hydrogens (tertiary/aromatic N) is 1. The molecule has 26 heavy (non-hydrogen) atoms. The molecule has 1 N–H and O–H groups in total. The van der Waals surface area contributed by atoms with Crippen LogP contribution in [0.15, 0.2) is 42.5 Å². The predicted molar refractivity (Wildman–Crippen MR) is 101 cm³/mol. The lowest BCUT2D eigenvalue weighted by atomic mass is 10.0. The highest BCUT2D eigenvalue weighted by molar-refractivity contribution is 5.86. The molecule has 1 aromatic heterocycles. The molecule has 0 saturated heterocycles. The highest BCUT2D eigenvalue weighted by Crippen LogP contribution is 2.29. The average molecular weight is 350 g/mol. The van der Waals surface area contributed by atoms with Gasteiger partial charge in [0.1, 0.15) is 0 Å². The standard InChI is InChI=1S/C21H22N2O3/c1-25-19-8-7-14(11-20(19)26-2)12-21(24)23-10-9-16-15-5-3-4-6-17(15)22-18(16)13-23/h3-8,11,22H,9-10,12-13H2,1-2H3. The van der Waals surface area contributed by atoms with Gasteiger partial charge < -0.3 is 19.4 Å². The number of methoxy groups -OCH3 is 2. The maximum Gasteiger partial charge on any atom is 0.227 e. The number of benzene rings is 2. The van der Waals surface area contributed by atoms with Gasteiger partial charge in [-0.05, 0) is 35.7 Å². The molecule has 5 nitrogen and oxygen atoms in total. The third kappa shape index (κ3) is 2.90. The lowest BCUT2D eigenvalue weighted by Crippen LogP contribution is -2.36. The third-order valence-electron chi connectivity index (χ3n) is 5.04. The number of hydrogen-bond acceptors (Lipinski definition) is 3. The molecule has 1 aliphatic rings. The fraction of sp³-hybridized carbons (Fsp3) is 0.286. The van der Waals surface area contributed by atoms with E-state index in [1.165, 1.54) is 10.9 Å². The van der Waals surface area contributed by atoms with Gasteiger partial charge in [-0.2, -0.15) is 0 Å². The molecule has 0 atom stereocenters. The van der Waals surface area contributed by atoms with Crippen LogP contribution in [0.5, 0.6) is 11.5 Å². The van der Waals surface area contributed by atoms with Gasteiger partial charge in [-0.1, -0.05) is 24.3 Å². The van der Waals surface area contributed by atoms with Gasteiger partial charge >= 0.3 is 0 Å². The summed E-state index contributed by atoms with van der Waals surface area (Å²) in [5.74, 6) is 1.44. The lowest BCUT2D eigenvalue weighted by molar-refractivity contribution is -0.131. The van der Waals surface area contributed by atoms with Gasteiger partial charge in [-0.15, -0.1) is 0 Å². The summed E-state index contributed by atoms with van der Waals surface area (Å²) in [6, 6.07) is 13.9. The molecule has 2 aromatic carbocycles. The van der Waals surface area contributed by atoms with Crippen LogP contribution in [0.4, 0.5) is 0 Å². The fourth-order valence-electron chi connectivity index (χ4n) is 3.68. The summed E-state index contributed by atoms with van der Waals surface area (Å²) in [6.07, 6.45) is 1.24. The number of para-hydroxylation sites is 1. The average Bonchev–Trinajstić information content (AvgIpc) is 3.05. The van der Waals surface area contributed by atoms with Gasteiger partial charge in [-0.25, -0.2) is 0 Å². The van der Waals surface area contributed by atoms with E-state index in [4.69, 9.17) is 9.47 Å². The van der Waals surface area contributed by atoms with Crippen LogP contribution in [0, 0.1) is 0 Å². The van der Waals surface area contributed by atoms with E-state index in [-0.39, 0.29) is 5.91 Å². The van der Waals surface area contributed by atoms with Crippen molar-refractivity contribution in [2.75, 3.05) is 20.8 Å². The number of amides is 1. The molecule has 0 radical (unpaired) electrons. The molecule has 5 heteroatoms. The molecular formula is C21H22N2O3. The summed E-state index contributed by atoms with van der Waals surface area (Å²) in [5.41, 5.74) is 4.57. The molecule has 4 rings (SSSR count). The number of nitrogens with one attached hydrogen (secondary N) is 1. The molecule has 0 bridgehead atoms. The third-order valence-corrected chi connectivity index (χ3v) is 5.04. The number of rotatable bonds is 4. The molecular weight excluding hydrogens is 328 g/mol. The van der Waals surface area contributed by atoms with Gasteiger partial charge in [0.05, 0.1) is 27.2 Å². The Morgan fingerprint density at radius 2 is 1.92 bits per heavy atom. The van der Waals surface area contributed by atoms with Crippen LogP contribution in [0.2, 0.25) is 0 Å². The number of aromatic nitrogens is 1. The van der Waals surface area contributed by atoms with E-state index >= 15 is 0 Å². The van der Waals surface area contributed by atoms with E-state index < -0.39 is 0 Å². The summed E-state index contributed by atoms with van der Waals surface area (Å²) in [4.78, 5) is 18.2. The second-order valence-electron chi connectivity index (χ2n) is 6.56. The van der Waals surface area contributed by atoms with Crippen molar-refractivity contribution in [3.05, 3.63) is 59.3 Å². The molecule has 134 valence electrons. The molecule has 0 saturated carbocycles.